The first-order valence-electron chi connectivity index (χ1n) is 4.87. The lowest BCUT2D eigenvalue weighted by Crippen LogP contribution is -2.05. The van der Waals surface area contributed by atoms with Crippen LogP contribution in [0, 0.1) is 0 Å². The van der Waals surface area contributed by atoms with Gasteiger partial charge in [-0.05, 0) is 5.57 Å². The Balaban J connectivity index is 2.05. The molecule has 0 bridgehead atoms. The molecule has 0 aliphatic heterocycles. The van der Waals surface area contributed by atoms with Crippen molar-refractivity contribution in [2.24, 2.45) is 0 Å². The summed E-state index contributed by atoms with van der Waals surface area (Å²) in [7, 11) is 0. The van der Waals surface area contributed by atoms with Crippen LogP contribution in [0.15, 0.2) is 54.1 Å². The zero-order valence-electron chi connectivity index (χ0n) is 8.19. The molecular formula is C13H11ClO. The van der Waals surface area contributed by atoms with E-state index in [-0.39, 0.29) is 11.2 Å². The van der Waals surface area contributed by atoms with E-state index in [1.54, 1.807) is 0 Å². The van der Waals surface area contributed by atoms with Gasteiger partial charge >= 0.3 is 0 Å². The van der Waals surface area contributed by atoms with Gasteiger partial charge < -0.3 is 0 Å². The Labute approximate surface area is 94.1 Å². The second kappa shape index (κ2) is 4.45. The molecule has 1 atom stereocenters. The highest BCUT2D eigenvalue weighted by molar-refractivity contribution is 6.24. The maximum absolute atomic E-state index is 11.8. The third-order valence-electron chi connectivity index (χ3n) is 2.41. The fraction of sp³-hybridized carbons (Fsp3) is 0.154. The van der Waals surface area contributed by atoms with Crippen molar-refractivity contribution in [2.45, 2.75) is 11.8 Å². The number of rotatable bonds is 3. The van der Waals surface area contributed by atoms with Crippen molar-refractivity contribution < 1.29 is 4.79 Å². The first kappa shape index (κ1) is 10.2. The van der Waals surface area contributed by atoms with Gasteiger partial charge in [-0.3, -0.25) is 4.79 Å². The Bertz CT molecular complexity index is 417. The van der Waals surface area contributed by atoms with Gasteiger partial charge in [0.2, 0.25) is 0 Å². The third kappa shape index (κ3) is 2.37. The van der Waals surface area contributed by atoms with Gasteiger partial charge in [-0.2, -0.15) is 0 Å². The molecule has 1 aliphatic rings. The molecule has 2 rings (SSSR count). The number of ketones is 1. The minimum absolute atomic E-state index is 0.113. The molecule has 0 fully saturated rings. The standard InChI is InChI=1S/C13H11ClO/c14-12-8-4-7-11(12)9-13(15)10-5-2-1-3-6-10/h1-8,12H,9H2. The second-order valence-electron chi connectivity index (χ2n) is 3.49. The molecule has 1 nitrogen and oxygen atoms in total. The van der Waals surface area contributed by atoms with Crippen LogP contribution in [0.2, 0.25) is 0 Å². The smallest absolute Gasteiger partial charge is 0.166 e. The van der Waals surface area contributed by atoms with Crippen LogP contribution in [-0.4, -0.2) is 11.2 Å². The van der Waals surface area contributed by atoms with E-state index in [1.807, 2.05) is 48.6 Å². The van der Waals surface area contributed by atoms with E-state index in [9.17, 15) is 4.79 Å². The van der Waals surface area contributed by atoms with E-state index in [0.29, 0.717) is 6.42 Å². The minimum Gasteiger partial charge on any atom is -0.294 e. The molecule has 0 spiro atoms. The number of benzene rings is 1. The Hall–Kier alpha value is -1.34. The SMILES string of the molecule is O=C(CC1=CC=CC1Cl)c1ccccc1. The van der Waals surface area contributed by atoms with Gasteiger partial charge in [-0.25, -0.2) is 0 Å². The summed E-state index contributed by atoms with van der Waals surface area (Å²) in [6.45, 7) is 0. The first-order valence-corrected chi connectivity index (χ1v) is 5.30. The summed E-state index contributed by atoms with van der Waals surface area (Å²) < 4.78 is 0. The number of carbonyl (C=O) groups excluding carboxylic acids is 1. The fourth-order valence-corrected chi connectivity index (χ4v) is 1.79. The van der Waals surface area contributed by atoms with E-state index in [4.69, 9.17) is 11.6 Å². The predicted octanol–water partition coefficient (Wildman–Crippen LogP) is 3.36. The van der Waals surface area contributed by atoms with Crippen molar-refractivity contribution in [3.8, 4) is 0 Å². The van der Waals surface area contributed by atoms with Gasteiger partial charge in [-0.15, -0.1) is 11.6 Å². The van der Waals surface area contributed by atoms with Gasteiger partial charge in [0.15, 0.2) is 5.78 Å². The van der Waals surface area contributed by atoms with E-state index in [2.05, 4.69) is 0 Å². The Kier molecular flexibility index (Phi) is 3.02. The van der Waals surface area contributed by atoms with Crippen molar-refractivity contribution >= 4 is 17.4 Å². The number of carbonyl (C=O) groups is 1. The van der Waals surface area contributed by atoms with Gasteiger partial charge in [-0.1, -0.05) is 48.6 Å². The molecule has 76 valence electrons. The van der Waals surface area contributed by atoms with Crippen LogP contribution in [0.5, 0.6) is 0 Å². The highest BCUT2D eigenvalue weighted by atomic mass is 35.5. The topological polar surface area (TPSA) is 17.1 Å². The monoisotopic (exact) mass is 218 g/mol. The summed E-state index contributed by atoms with van der Waals surface area (Å²) in [6, 6.07) is 9.29. The molecule has 1 aromatic rings. The average Bonchev–Trinajstić information content (AvgIpc) is 2.66. The first-order chi connectivity index (χ1) is 7.27. The van der Waals surface area contributed by atoms with Crippen LogP contribution in [-0.2, 0) is 0 Å². The number of Topliss-reactive ketones (excluding diaryl/α,β-unsaturated/α-hetero) is 1. The molecule has 0 aromatic heterocycles. The molecule has 1 aliphatic carbocycles. The van der Waals surface area contributed by atoms with Crippen LogP contribution < -0.4 is 0 Å². The van der Waals surface area contributed by atoms with Gasteiger partial charge in [0.1, 0.15) is 0 Å². The minimum atomic E-state index is -0.113. The molecule has 0 saturated heterocycles. The summed E-state index contributed by atoms with van der Waals surface area (Å²) in [5, 5.41) is -0.113. The van der Waals surface area contributed by atoms with Crippen molar-refractivity contribution in [1.29, 1.82) is 0 Å². The number of hydrogen-bond donors (Lipinski definition) is 0. The summed E-state index contributed by atoms with van der Waals surface area (Å²) in [5.41, 5.74) is 1.72. The normalized spacial score (nSPS) is 19.0. The molecule has 15 heavy (non-hydrogen) atoms. The van der Waals surface area contributed by atoms with Gasteiger partial charge in [0.05, 0.1) is 5.38 Å². The lowest BCUT2D eigenvalue weighted by atomic mass is 10.0. The highest BCUT2D eigenvalue weighted by Gasteiger charge is 2.15. The quantitative estimate of drug-likeness (QED) is 0.562. The van der Waals surface area contributed by atoms with Crippen LogP contribution in [0.4, 0.5) is 0 Å². The van der Waals surface area contributed by atoms with Gasteiger partial charge in [0, 0.05) is 12.0 Å². The lowest BCUT2D eigenvalue weighted by molar-refractivity contribution is 0.0992. The van der Waals surface area contributed by atoms with Crippen LogP contribution in [0.1, 0.15) is 16.8 Å². The zero-order valence-corrected chi connectivity index (χ0v) is 8.95. The second-order valence-corrected chi connectivity index (χ2v) is 3.96. The maximum Gasteiger partial charge on any atom is 0.166 e. The highest BCUT2D eigenvalue weighted by Crippen LogP contribution is 2.22. The van der Waals surface area contributed by atoms with Crippen molar-refractivity contribution in [3.63, 3.8) is 0 Å². The van der Waals surface area contributed by atoms with E-state index >= 15 is 0 Å². The number of allylic oxidation sites excluding steroid dienone is 4. The van der Waals surface area contributed by atoms with Crippen molar-refractivity contribution in [3.05, 3.63) is 59.7 Å². The summed E-state index contributed by atoms with van der Waals surface area (Å²) in [6.07, 6.45) is 6.10. The summed E-state index contributed by atoms with van der Waals surface area (Å²) in [4.78, 5) is 11.8. The van der Waals surface area contributed by atoms with Crippen LogP contribution >= 0.6 is 11.6 Å². The average molecular weight is 219 g/mol. The molecular weight excluding hydrogens is 208 g/mol. The Morgan fingerprint density at radius 2 is 2.00 bits per heavy atom. The molecule has 2 heteroatoms. The van der Waals surface area contributed by atoms with Gasteiger partial charge in [0.25, 0.3) is 0 Å². The molecule has 0 saturated carbocycles. The molecule has 0 N–H and O–H groups in total. The Morgan fingerprint density at radius 3 is 2.60 bits per heavy atom. The number of hydrogen-bond acceptors (Lipinski definition) is 1. The van der Waals surface area contributed by atoms with Crippen molar-refractivity contribution in [2.75, 3.05) is 0 Å². The molecule has 0 radical (unpaired) electrons. The molecule has 1 aromatic carbocycles. The van der Waals surface area contributed by atoms with Crippen molar-refractivity contribution in [1.82, 2.24) is 0 Å². The van der Waals surface area contributed by atoms with Crippen LogP contribution in [0.25, 0.3) is 0 Å². The summed E-state index contributed by atoms with van der Waals surface area (Å²) in [5.74, 6) is 0.121. The maximum atomic E-state index is 11.8. The summed E-state index contributed by atoms with van der Waals surface area (Å²) >= 11 is 6.00. The molecule has 0 amide bonds. The lowest BCUT2D eigenvalue weighted by Gasteiger charge is -2.05. The van der Waals surface area contributed by atoms with E-state index < -0.39 is 0 Å². The Morgan fingerprint density at radius 1 is 1.27 bits per heavy atom. The number of halogens is 1. The zero-order chi connectivity index (χ0) is 10.7. The number of alkyl halides is 1. The fourth-order valence-electron chi connectivity index (χ4n) is 1.56. The van der Waals surface area contributed by atoms with E-state index in [0.717, 1.165) is 11.1 Å². The predicted molar refractivity (Wildman–Crippen MR) is 62.3 cm³/mol. The van der Waals surface area contributed by atoms with E-state index in [1.165, 1.54) is 0 Å². The molecule has 0 heterocycles. The van der Waals surface area contributed by atoms with Crippen LogP contribution in [0.3, 0.4) is 0 Å². The molecule has 1 unspecified atom stereocenters. The third-order valence-corrected chi connectivity index (χ3v) is 2.83. The largest absolute Gasteiger partial charge is 0.294 e.